The van der Waals surface area contributed by atoms with E-state index >= 15 is 0 Å². The molecule has 5 nitrogen and oxygen atoms in total. The number of hydrogen-bond acceptors (Lipinski definition) is 5. The van der Waals surface area contributed by atoms with Crippen molar-refractivity contribution in [2.75, 3.05) is 38.2 Å². The van der Waals surface area contributed by atoms with Crippen molar-refractivity contribution in [3.63, 3.8) is 0 Å². The number of halogens is 1. The van der Waals surface area contributed by atoms with Crippen molar-refractivity contribution >= 4 is 45.0 Å². The predicted octanol–water partition coefficient (Wildman–Crippen LogP) is 5.33. The zero-order valence-corrected chi connectivity index (χ0v) is 19.9. The van der Waals surface area contributed by atoms with Gasteiger partial charge in [-0.1, -0.05) is 25.2 Å². The summed E-state index contributed by atoms with van der Waals surface area (Å²) in [7, 11) is 1.62. The van der Waals surface area contributed by atoms with Gasteiger partial charge in [0.05, 0.1) is 17.3 Å². The fourth-order valence-corrected chi connectivity index (χ4v) is 4.31. The standard InChI is InChI=1S/C23H29N3O2S.ClH/c1-6-25(7-2)12-13-26(22(27)18-8-10-19(28-5)11-9-18)23-24-20-14-16(3)17(4)15-21(20)29-23;/h8-11,14-15H,6-7,12-13H2,1-5H3;1H. The molecule has 2 aromatic carbocycles. The highest BCUT2D eigenvalue weighted by Gasteiger charge is 2.22. The number of aryl methyl sites for hydroxylation is 2. The van der Waals surface area contributed by atoms with Crippen LogP contribution in [0, 0.1) is 13.8 Å². The second-order valence-electron chi connectivity index (χ2n) is 7.11. The quantitative estimate of drug-likeness (QED) is 0.468. The average molecular weight is 448 g/mol. The topological polar surface area (TPSA) is 45.7 Å². The minimum Gasteiger partial charge on any atom is -0.497 e. The lowest BCUT2D eigenvalue weighted by Gasteiger charge is -2.24. The first-order valence-corrected chi connectivity index (χ1v) is 10.8. The number of methoxy groups -OCH3 is 1. The largest absolute Gasteiger partial charge is 0.497 e. The second-order valence-corrected chi connectivity index (χ2v) is 8.12. The molecule has 0 saturated heterocycles. The number of hydrogen-bond donors (Lipinski definition) is 0. The Hall–Kier alpha value is -2.15. The molecule has 0 aliphatic carbocycles. The van der Waals surface area contributed by atoms with E-state index in [2.05, 4.69) is 44.7 Å². The van der Waals surface area contributed by atoms with Crippen LogP contribution in [-0.4, -0.2) is 49.1 Å². The van der Waals surface area contributed by atoms with Crippen LogP contribution in [-0.2, 0) is 0 Å². The van der Waals surface area contributed by atoms with E-state index in [1.165, 1.54) is 11.1 Å². The van der Waals surface area contributed by atoms with Gasteiger partial charge in [-0.2, -0.15) is 0 Å². The Morgan fingerprint density at radius 2 is 1.67 bits per heavy atom. The highest BCUT2D eigenvalue weighted by molar-refractivity contribution is 7.22. The average Bonchev–Trinajstić information content (AvgIpc) is 3.13. The van der Waals surface area contributed by atoms with Gasteiger partial charge in [-0.15, -0.1) is 12.4 Å². The number of ether oxygens (including phenoxy) is 1. The number of nitrogens with zero attached hydrogens (tertiary/aromatic N) is 3. The van der Waals surface area contributed by atoms with Gasteiger partial charge in [-0.05, 0) is 74.5 Å². The Kier molecular flexibility index (Phi) is 8.65. The van der Waals surface area contributed by atoms with E-state index < -0.39 is 0 Å². The van der Waals surface area contributed by atoms with Gasteiger partial charge in [-0.25, -0.2) is 4.98 Å². The van der Waals surface area contributed by atoms with Gasteiger partial charge in [0.15, 0.2) is 5.13 Å². The van der Waals surface area contributed by atoms with Crippen molar-refractivity contribution in [2.45, 2.75) is 27.7 Å². The van der Waals surface area contributed by atoms with Crippen LogP contribution in [0.25, 0.3) is 10.2 Å². The minimum absolute atomic E-state index is 0. The van der Waals surface area contributed by atoms with Crippen molar-refractivity contribution in [1.29, 1.82) is 0 Å². The third-order valence-electron chi connectivity index (χ3n) is 5.34. The normalized spacial score (nSPS) is 10.9. The SMILES string of the molecule is CCN(CC)CCN(C(=O)c1ccc(OC)cc1)c1nc2cc(C)c(C)cc2s1.Cl. The summed E-state index contributed by atoms with van der Waals surface area (Å²) >= 11 is 1.58. The highest BCUT2D eigenvalue weighted by atomic mass is 35.5. The number of thiazole rings is 1. The maximum Gasteiger partial charge on any atom is 0.260 e. The van der Waals surface area contributed by atoms with Crippen LogP contribution in [0.5, 0.6) is 5.75 Å². The van der Waals surface area contributed by atoms with Crippen molar-refractivity contribution < 1.29 is 9.53 Å². The molecule has 3 rings (SSSR count). The number of likely N-dealkylation sites (N-methyl/N-ethyl adjacent to an activating group) is 1. The molecule has 162 valence electrons. The van der Waals surface area contributed by atoms with Crippen molar-refractivity contribution in [1.82, 2.24) is 9.88 Å². The highest BCUT2D eigenvalue weighted by Crippen LogP contribution is 2.31. The monoisotopic (exact) mass is 447 g/mol. The van der Waals surface area contributed by atoms with Gasteiger partial charge in [0.2, 0.25) is 0 Å². The molecule has 1 aromatic heterocycles. The second kappa shape index (κ2) is 10.8. The first kappa shape index (κ1) is 24.1. The molecule has 0 aliphatic heterocycles. The molecule has 0 unspecified atom stereocenters. The van der Waals surface area contributed by atoms with Gasteiger partial charge in [0.25, 0.3) is 5.91 Å². The number of carbonyl (C=O) groups excluding carboxylic acids is 1. The van der Waals surface area contributed by atoms with Gasteiger partial charge < -0.3 is 9.64 Å². The van der Waals surface area contributed by atoms with E-state index in [-0.39, 0.29) is 18.3 Å². The summed E-state index contributed by atoms with van der Waals surface area (Å²) in [6.07, 6.45) is 0. The lowest BCUT2D eigenvalue weighted by atomic mass is 10.1. The molecule has 0 saturated carbocycles. The molecule has 0 spiro atoms. The Balaban J connectivity index is 0.00000320. The summed E-state index contributed by atoms with van der Waals surface area (Å²) < 4.78 is 6.33. The summed E-state index contributed by atoms with van der Waals surface area (Å²) in [5.41, 5.74) is 4.04. The zero-order chi connectivity index (χ0) is 21.0. The number of anilines is 1. The van der Waals surface area contributed by atoms with Gasteiger partial charge in [0.1, 0.15) is 5.75 Å². The van der Waals surface area contributed by atoms with Crippen LogP contribution in [0.3, 0.4) is 0 Å². The van der Waals surface area contributed by atoms with Crippen molar-refractivity contribution in [2.24, 2.45) is 0 Å². The fourth-order valence-electron chi connectivity index (χ4n) is 3.24. The van der Waals surface area contributed by atoms with Crippen LogP contribution in [0.4, 0.5) is 5.13 Å². The molecule has 1 amide bonds. The molecule has 7 heteroatoms. The molecular weight excluding hydrogens is 418 g/mol. The van der Waals surface area contributed by atoms with E-state index in [4.69, 9.17) is 9.72 Å². The smallest absolute Gasteiger partial charge is 0.260 e. The maximum absolute atomic E-state index is 13.4. The lowest BCUT2D eigenvalue weighted by Crippen LogP contribution is -2.38. The molecule has 0 fully saturated rings. The summed E-state index contributed by atoms with van der Waals surface area (Å²) in [5, 5.41) is 0.748. The Morgan fingerprint density at radius 1 is 1.03 bits per heavy atom. The molecule has 0 atom stereocenters. The zero-order valence-electron chi connectivity index (χ0n) is 18.3. The molecule has 1 heterocycles. The third kappa shape index (κ3) is 5.31. The first-order valence-electron chi connectivity index (χ1n) is 10.0. The number of benzene rings is 2. The Labute approximate surface area is 189 Å². The van der Waals surface area contributed by atoms with Gasteiger partial charge in [-0.3, -0.25) is 9.69 Å². The Bertz CT molecular complexity index is 945. The van der Waals surface area contributed by atoms with Crippen LogP contribution in [0.2, 0.25) is 0 Å². The summed E-state index contributed by atoms with van der Waals surface area (Å²) in [5.74, 6) is 0.703. The van der Waals surface area contributed by atoms with Gasteiger partial charge >= 0.3 is 0 Å². The van der Waals surface area contributed by atoms with Crippen LogP contribution in [0.15, 0.2) is 36.4 Å². The summed E-state index contributed by atoms with van der Waals surface area (Å²) in [6, 6.07) is 11.5. The molecule has 0 aliphatic rings. The van der Waals surface area contributed by atoms with E-state index in [9.17, 15) is 4.79 Å². The predicted molar refractivity (Wildman–Crippen MR) is 129 cm³/mol. The maximum atomic E-state index is 13.4. The molecule has 0 bridgehead atoms. The van der Waals surface area contributed by atoms with E-state index in [1.54, 1.807) is 18.4 Å². The number of carbonyl (C=O) groups is 1. The third-order valence-corrected chi connectivity index (χ3v) is 6.38. The van der Waals surface area contributed by atoms with Crippen LogP contribution in [0.1, 0.15) is 35.3 Å². The van der Waals surface area contributed by atoms with Crippen molar-refractivity contribution in [3.05, 3.63) is 53.1 Å². The first-order chi connectivity index (χ1) is 14.0. The van der Waals surface area contributed by atoms with E-state index in [1.807, 2.05) is 29.2 Å². The fraction of sp³-hybridized carbons (Fsp3) is 0.391. The Morgan fingerprint density at radius 3 is 2.27 bits per heavy atom. The molecule has 0 radical (unpaired) electrons. The number of aromatic nitrogens is 1. The van der Waals surface area contributed by atoms with E-state index in [0.29, 0.717) is 12.1 Å². The summed E-state index contributed by atoms with van der Waals surface area (Å²) in [4.78, 5) is 22.3. The number of amides is 1. The lowest BCUT2D eigenvalue weighted by molar-refractivity contribution is 0.0983. The molecule has 30 heavy (non-hydrogen) atoms. The van der Waals surface area contributed by atoms with Crippen LogP contribution < -0.4 is 9.64 Å². The summed E-state index contributed by atoms with van der Waals surface area (Å²) in [6.45, 7) is 11.8. The van der Waals surface area contributed by atoms with E-state index in [0.717, 1.165) is 40.7 Å². The van der Waals surface area contributed by atoms with Crippen molar-refractivity contribution in [3.8, 4) is 5.75 Å². The molecule has 3 aromatic rings. The van der Waals surface area contributed by atoms with Gasteiger partial charge in [0, 0.05) is 18.7 Å². The number of fused-ring (bicyclic) bond motifs is 1. The number of rotatable bonds is 8. The van der Waals surface area contributed by atoms with Crippen LogP contribution >= 0.6 is 23.7 Å². The molecule has 0 N–H and O–H groups in total. The minimum atomic E-state index is -0.0349. The molecular formula is C23H30ClN3O2S.